The van der Waals surface area contributed by atoms with Crippen molar-refractivity contribution in [2.45, 2.75) is 38.8 Å². The Morgan fingerprint density at radius 3 is 2.65 bits per heavy atom. The van der Waals surface area contributed by atoms with Crippen LogP contribution in [0.3, 0.4) is 0 Å². The number of carbonyl (C=O) groups is 1. The van der Waals surface area contributed by atoms with Gasteiger partial charge in [-0.25, -0.2) is 0 Å². The fourth-order valence-corrected chi connectivity index (χ4v) is 3.23. The first-order valence-electron chi connectivity index (χ1n) is 10.1. The van der Waals surface area contributed by atoms with E-state index in [-0.39, 0.29) is 11.9 Å². The topological polar surface area (TPSA) is 106 Å². The number of hydrogen-bond donors (Lipinski definition) is 3. The molecule has 0 fully saturated rings. The van der Waals surface area contributed by atoms with Gasteiger partial charge < -0.3 is 20.8 Å². The van der Waals surface area contributed by atoms with Crippen molar-refractivity contribution in [2.75, 3.05) is 12.4 Å². The third-order valence-corrected chi connectivity index (χ3v) is 4.77. The van der Waals surface area contributed by atoms with E-state index in [4.69, 9.17) is 10.2 Å². The molecule has 0 bridgehead atoms. The summed E-state index contributed by atoms with van der Waals surface area (Å²) in [4.78, 5) is 12.7. The van der Waals surface area contributed by atoms with Crippen LogP contribution in [-0.2, 0) is 12.0 Å². The molecule has 3 rings (SSSR count). The lowest BCUT2D eigenvalue weighted by Gasteiger charge is -2.20. The minimum absolute atomic E-state index is 0.235. The van der Waals surface area contributed by atoms with Crippen molar-refractivity contribution in [3.05, 3.63) is 65.5 Å². The first kappa shape index (κ1) is 22.1. The molecule has 0 aliphatic carbocycles. The van der Waals surface area contributed by atoms with Crippen molar-refractivity contribution in [1.82, 2.24) is 15.5 Å². The quantitative estimate of drug-likeness (QED) is 0.509. The van der Waals surface area contributed by atoms with Crippen molar-refractivity contribution < 1.29 is 9.21 Å². The van der Waals surface area contributed by atoms with E-state index in [2.05, 4.69) is 32.7 Å². The summed E-state index contributed by atoms with van der Waals surface area (Å²) in [6, 6.07) is 15.0. The highest BCUT2D eigenvalue weighted by Gasteiger charge is 2.29. The molecule has 160 valence electrons. The van der Waals surface area contributed by atoms with Gasteiger partial charge in [0.2, 0.25) is 11.8 Å². The monoisotopic (exact) mass is 417 g/mol. The summed E-state index contributed by atoms with van der Waals surface area (Å²) in [5.74, 6) is 6.10. The first-order chi connectivity index (χ1) is 14.8. The fraction of sp³-hybridized carbons (Fsp3) is 0.292. The van der Waals surface area contributed by atoms with Gasteiger partial charge in [-0.05, 0) is 51.0 Å². The molecule has 0 radical (unpaired) electrons. The Kier molecular flexibility index (Phi) is 6.73. The maximum atomic E-state index is 12.7. The zero-order valence-electron chi connectivity index (χ0n) is 18.2. The van der Waals surface area contributed by atoms with E-state index in [1.807, 2.05) is 50.2 Å². The first-order valence-corrected chi connectivity index (χ1v) is 10.1. The number of aromatic nitrogens is 2. The standard InChI is InChI=1S/C24H27N5O2/c1-5-9-16(2)27-21(30)18-12-19(14-20(13-18)26-4)22-28-29-23(31-22)24(3,25)15-17-10-7-6-8-11-17/h6-8,10-14,16,26H,15,25H2,1-4H3,(H,27,30)/t16?,24-/m1/s1. The van der Waals surface area contributed by atoms with Gasteiger partial charge in [-0.1, -0.05) is 36.3 Å². The Morgan fingerprint density at radius 1 is 1.23 bits per heavy atom. The Bertz CT molecular complexity index is 1110. The molecule has 4 N–H and O–H groups in total. The van der Waals surface area contributed by atoms with Gasteiger partial charge in [0.15, 0.2) is 0 Å². The number of anilines is 1. The molecule has 7 nitrogen and oxygen atoms in total. The van der Waals surface area contributed by atoms with E-state index in [9.17, 15) is 4.79 Å². The van der Waals surface area contributed by atoms with Crippen molar-refractivity contribution in [1.29, 1.82) is 0 Å². The summed E-state index contributed by atoms with van der Waals surface area (Å²) in [6.07, 6.45) is 0.552. The third kappa shape index (κ3) is 5.50. The predicted octanol–water partition coefficient (Wildman–Crippen LogP) is 3.34. The fourth-order valence-electron chi connectivity index (χ4n) is 3.23. The van der Waals surface area contributed by atoms with Crippen LogP contribution in [0.5, 0.6) is 0 Å². The molecule has 3 aromatic rings. The van der Waals surface area contributed by atoms with Gasteiger partial charge in [-0.3, -0.25) is 4.79 Å². The Hall–Kier alpha value is -3.63. The summed E-state index contributed by atoms with van der Waals surface area (Å²) in [5.41, 5.74) is 8.57. The van der Waals surface area contributed by atoms with Crippen LogP contribution in [0, 0.1) is 11.8 Å². The normalized spacial score (nSPS) is 13.5. The SMILES string of the molecule is CC#CC(C)NC(=O)c1cc(NC)cc(-c2nnc([C@](C)(N)Cc3ccccc3)o2)c1. The van der Waals surface area contributed by atoms with Gasteiger partial charge >= 0.3 is 0 Å². The molecule has 1 heterocycles. The average molecular weight is 418 g/mol. The molecule has 2 atom stereocenters. The maximum absolute atomic E-state index is 12.7. The van der Waals surface area contributed by atoms with E-state index in [0.29, 0.717) is 29.3 Å². The van der Waals surface area contributed by atoms with Crippen LogP contribution >= 0.6 is 0 Å². The zero-order chi connectivity index (χ0) is 22.4. The molecule has 0 spiro atoms. The molecule has 2 aromatic carbocycles. The van der Waals surface area contributed by atoms with Gasteiger partial charge in [0.05, 0.1) is 11.6 Å². The van der Waals surface area contributed by atoms with Crippen molar-refractivity contribution >= 4 is 11.6 Å². The van der Waals surface area contributed by atoms with E-state index in [1.165, 1.54) is 0 Å². The molecular formula is C24H27N5O2. The van der Waals surface area contributed by atoms with Crippen molar-refractivity contribution in [2.24, 2.45) is 5.73 Å². The van der Waals surface area contributed by atoms with Crippen LogP contribution in [0.4, 0.5) is 5.69 Å². The number of hydrogen-bond acceptors (Lipinski definition) is 6. The van der Waals surface area contributed by atoms with Gasteiger partial charge in [0.25, 0.3) is 5.91 Å². The number of amides is 1. The predicted molar refractivity (Wildman–Crippen MR) is 121 cm³/mol. The van der Waals surface area contributed by atoms with Gasteiger partial charge in [-0.2, -0.15) is 0 Å². The molecule has 1 aromatic heterocycles. The number of benzene rings is 2. The maximum Gasteiger partial charge on any atom is 0.252 e. The van der Waals surface area contributed by atoms with E-state index >= 15 is 0 Å². The van der Waals surface area contributed by atoms with E-state index in [1.54, 1.807) is 26.1 Å². The molecule has 31 heavy (non-hydrogen) atoms. The summed E-state index contributed by atoms with van der Waals surface area (Å²) in [5, 5.41) is 14.3. The Morgan fingerprint density at radius 2 is 1.97 bits per heavy atom. The molecular weight excluding hydrogens is 390 g/mol. The molecule has 1 unspecified atom stereocenters. The summed E-state index contributed by atoms with van der Waals surface area (Å²) in [7, 11) is 1.78. The van der Waals surface area contributed by atoms with Gasteiger partial charge in [-0.15, -0.1) is 16.1 Å². The number of nitrogens with two attached hydrogens (primary N) is 1. The van der Waals surface area contributed by atoms with Gasteiger partial charge in [0, 0.05) is 23.9 Å². The molecule has 1 amide bonds. The Balaban J connectivity index is 1.88. The highest BCUT2D eigenvalue weighted by Crippen LogP contribution is 2.28. The minimum atomic E-state index is -0.832. The summed E-state index contributed by atoms with van der Waals surface area (Å²) in [6.45, 7) is 5.42. The van der Waals surface area contributed by atoms with E-state index in [0.717, 1.165) is 11.3 Å². The highest BCUT2D eigenvalue weighted by atomic mass is 16.4. The second-order valence-corrected chi connectivity index (χ2v) is 7.63. The highest BCUT2D eigenvalue weighted by molar-refractivity contribution is 5.96. The largest absolute Gasteiger partial charge is 0.419 e. The third-order valence-electron chi connectivity index (χ3n) is 4.77. The zero-order valence-corrected chi connectivity index (χ0v) is 18.2. The van der Waals surface area contributed by atoms with Crippen molar-refractivity contribution in [3.63, 3.8) is 0 Å². The number of nitrogens with one attached hydrogen (secondary N) is 2. The van der Waals surface area contributed by atoms with E-state index < -0.39 is 5.54 Å². The second-order valence-electron chi connectivity index (χ2n) is 7.63. The van der Waals surface area contributed by atoms with Crippen LogP contribution in [0.1, 0.15) is 42.6 Å². The minimum Gasteiger partial charge on any atom is -0.419 e. The lowest BCUT2D eigenvalue weighted by atomic mass is 9.94. The smallest absolute Gasteiger partial charge is 0.252 e. The molecule has 0 saturated carbocycles. The van der Waals surface area contributed by atoms with Gasteiger partial charge in [0.1, 0.15) is 0 Å². The summed E-state index contributed by atoms with van der Waals surface area (Å²) >= 11 is 0. The lowest BCUT2D eigenvalue weighted by Crippen LogP contribution is -2.35. The molecule has 0 aliphatic rings. The Labute approximate surface area is 182 Å². The molecule has 7 heteroatoms. The molecule has 0 saturated heterocycles. The average Bonchev–Trinajstić information content (AvgIpc) is 3.25. The lowest BCUT2D eigenvalue weighted by molar-refractivity contribution is 0.0948. The van der Waals surface area contributed by atoms with Crippen LogP contribution in [-0.4, -0.2) is 29.2 Å². The number of rotatable bonds is 7. The molecule has 0 aliphatic heterocycles. The summed E-state index contributed by atoms with van der Waals surface area (Å²) < 4.78 is 5.93. The number of carbonyl (C=O) groups excluding carboxylic acids is 1. The number of nitrogens with zero attached hydrogens (tertiary/aromatic N) is 2. The van der Waals surface area contributed by atoms with Crippen LogP contribution in [0.2, 0.25) is 0 Å². The second kappa shape index (κ2) is 9.45. The van der Waals surface area contributed by atoms with Crippen LogP contribution < -0.4 is 16.4 Å². The van der Waals surface area contributed by atoms with Crippen molar-refractivity contribution in [3.8, 4) is 23.3 Å². The van der Waals surface area contributed by atoms with Crippen LogP contribution in [0.15, 0.2) is 52.9 Å². The van der Waals surface area contributed by atoms with Crippen LogP contribution in [0.25, 0.3) is 11.5 Å².